The molecule has 1 N–H and O–H groups in total. The molecule has 3 rings (SSSR count). The number of ether oxygens (including phenoxy) is 1. The van der Waals surface area contributed by atoms with Crippen molar-refractivity contribution < 1.29 is 19.2 Å². The zero-order chi connectivity index (χ0) is 21.0. The molecular formula is C18H11BrClN3O5S. The Labute approximate surface area is 181 Å². The number of hydrogen-bond acceptors (Lipinski definition) is 7. The smallest absolute Gasteiger partial charge is 0.340 e. The third-order valence-electron chi connectivity index (χ3n) is 3.61. The fraction of sp³-hybridized carbons (Fsp3) is 0.0556. The van der Waals surface area contributed by atoms with Crippen LogP contribution >= 0.6 is 38.9 Å². The van der Waals surface area contributed by atoms with E-state index in [-0.39, 0.29) is 16.3 Å². The maximum absolute atomic E-state index is 12.1. The molecule has 0 bridgehead atoms. The average Bonchev–Trinajstić information content (AvgIpc) is 3.15. The molecule has 0 saturated carbocycles. The molecule has 0 aliphatic heterocycles. The number of nitrogens with zero attached hydrogens (tertiary/aromatic N) is 2. The fourth-order valence-corrected chi connectivity index (χ4v) is 3.43. The molecule has 1 heterocycles. The summed E-state index contributed by atoms with van der Waals surface area (Å²) in [6.07, 6.45) is 0. The number of rotatable bonds is 6. The van der Waals surface area contributed by atoms with E-state index in [1.807, 2.05) is 24.3 Å². The van der Waals surface area contributed by atoms with Crippen molar-refractivity contribution in [2.24, 2.45) is 0 Å². The summed E-state index contributed by atoms with van der Waals surface area (Å²) in [5.41, 5.74) is 1.07. The van der Waals surface area contributed by atoms with Gasteiger partial charge in [-0.25, -0.2) is 9.78 Å². The van der Waals surface area contributed by atoms with Crippen LogP contribution in [0, 0.1) is 10.1 Å². The standard InChI is InChI=1S/C18H11BrClN3O5S/c19-11-3-1-10(2-4-11)15-9-29-18(21-15)22-16(24)8-28-17(25)13-7-12(23(26)27)5-6-14(13)20/h1-7,9H,8H2,(H,21,22,24). The van der Waals surface area contributed by atoms with Crippen LogP contribution in [0.5, 0.6) is 0 Å². The van der Waals surface area contributed by atoms with Gasteiger partial charge in [0.15, 0.2) is 11.7 Å². The van der Waals surface area contributed by atoms with Gasteiger partial charge in [0.2, 0.25) is 0 Å². The summed E-state index contributed by atoms with van der Waals surface area (Å²) in [6, 6.07) is 10.9. The molecule has 11 heteroatoms. The number of non-ortho nitro benzene ring substituents is 1. The van der Waals surface area contributed by atoms with Crippen molar-refractivity contribution in [1.29, 1.82) is 0 Å². The fourth-order valence-electron chi connectivity index (χ4n) is 2.23. The highest BCUT2D eigenvalue weighted by Crippen LogP contribution is 2.26. The number of nitrogens with one attached hydrogen (secondary N) is 1. The molecule has 0 unspecified atom stereocenters. The summed E-state index contributed by atoms with van der Waals surface area (Å²) >= 11 is 10.5. The van der Waals surface area contributed by atoms with Gasteiger partial charge in [0.05, 0.1) is 21.2 Å². The second-order valence-corrected chi connectivity index (χ2v) is 7.77. The number of anilines is 1. The Morgan fingerprint density at radius 1 is 1.24 bits per heavy atom. The zero-order valence-corrected chi connectivity index (χ0v) is 17.6. The summed E-state index contributed by atoms with van der Waals surface area (Å²) in [6.45, 7) is -0.592. The maximum atomic E-state index is 12.1. The van der Waals surface area contributed by atoms with Gasteiger partial charge in [-0.1, -0.05) is 39.7 Å². The van der Waals surface area contributed by atoms with Crippen molar-refractivity contribution in [3.8, 4) is 11.3 Å². The van der Waals surface area contributed by atoms with E-state index < -0.39 is 23.4 Å². The van der Waals surface area contributed by atoms with Gasteiger partial charge in [-0.05, 0) is 18.2 Å². The van der Waals surface area contributed by atoms with Crippen LogP contribution in [0.2, 0.25) is 5.02 Å². The van der Waals surface area contributed by atoms with Crippen molar-refractivity contribution in [3.63, 3.8) is 0 Å². The van der Waals surface area contributed by atoms with Crippen LogP contribution in [-0.4, -0.2) is 28.4 Å². The number of nitro benzene ring substituents is 1. The van der Waals surface area contributed by atoms with Gasteiger partial charge in [0.1, 0.15) is 0 Å². The predicted octanol–water partition coefficient (Wildman–Crippen LogP) is 4.93. The SMILES string of the molecule is O=C(COC(=O)c1cc([N+](=O)[O-])ccc1Cl)Nc1nc(-c2ccc(Br)cc2)cs1. The van der Waals surface area contributed by atoms with E-state index >= 15 is 0 Å². The Morgan fingerprint density at radius 3 is 2.66 bits per heavy atom. The summed E-state index contributed by atoms with van der Waals surface area (Å²) < 4.78 is 5.84. The number of benzene rings is 2. The average molecular weight is 497 g/mol. The third kappa shape index (κ3) is 5.37. The second kappa shape index (κ2) is 9.12. The molecule has 2 aromatic carbocycles. The molecule has 0 atom stereocenters. The first-order valence-corrected chi connectivity index (χ1v) is 10.0. The lowest BCUT2D eigenvalue weighted by Gasteiger charge is -2.06. The number of nitro groups is 1. The van der Waals surface area contributed by atoms with Crippen LogP contribution in [0.4, 0.5) is 10.8 Å². The summed E-state index contributed by atoms with van der Waals surface area (Å²) in [7, 11) is 0. The number of esters is 1. The number of carbonyl (C=O) groups is 2. The van der Waals surface area contributed by atoms with E-state index in [1.54, 1.807) is 5.38 Å². The Bertz CT molecular complexity index is 1090. The third-order valence-corrected chi connectivity index (χ3v) is 5.22. The van der Waals surface area contributed by atoms with Crippen LogP contribution in [0.15, 0.2) is 52.3 Å². The Hall–Kier alpha value is -2.82. The lowest BCUT2D eigenvalue weighted by Crippen LogP contribution is -2.21. The number of halogens is 2. The molecule has 148 valence electrons. The number of aromatic nitrogens is 1. The number of thiazole rings is 1. The summed E-state index contributed by atoms with van der Waals surface area (Å²) in [5.74, 6) is -1.54. The Kier molecular flexibility index (Phi) is 6.57. The minimum Gasteiger partial charge on any atom is -0.452 e. The van der Waals surface area contributed by atoms with Crippen molar-refractivity contribution in [2.75, 3.05) is 11.9 Å². The molecule has 0 radical (unpaired) electrons. The maximum Gasteiger partial charge on any atom is 0.340 e. The van der Waals surface area contributed by atoms with E-state index in [0.717, 1.165) is 22.2 Å². The van der Waals surface area contributed by atoms with Crippen LogP contribution in [0.1, 0.15) is 10.4 Å². The zero-order valence-electron chi connectivity index (χ0n) is 14.4. The molecule has 0 aliphatic rings. The highest BCUT2D eigenvalue weighted by atomic mass is 79.9. The van der Waals surface area contributed by atoms with Crippen molar-refractivity contribution >= 4 is 61.6 Å². The molecule has 0 fully saturated rings. The minimum absolute atomic E-state index is 0.0138. The molecular weight excluding hydrogens is 486 g/mol. The second-order valence-electron chi connectivity index (χ2n) is 5.59. The largest absolute Gasteiger partial charge is 0.452 e. The first-order valence-electron chi connectivity index (χ1n) is 7.96. The van der Waals surface area contributed by atoms with Gasteiger partial charge in [0, 0.05) is 27.5 Å². The molecule has 1 amide bonds. The number of amides is 1. The lowest BCUT2D eigenvalue weighted by molar-refractivity contribution is -0.384. The Morgan fingerprint density at radius 2 is 1.97 bits per heavy atom. The van der Waals surface area contributed by atoms with E-state index in [4.69, 9.17) is 16.3 Å². The van der Waals surface area contributed by atoms with E-state index in [9.17, 15) is 19.7 Å². The predicted molar refractivity (Wildman–Crippen MR) is 112 cm³/mol. The number of hydrogen-bond donors (Lipinski definition) is 1. The Balaban J connectivity index is 1.59. The molecule has 0 saturated heterocycles. The van der Waals surface area contributed by atoms with Crippen LogP contribution < -0.4 is 5.32 Å². The molecule has 29 heavy (non-hydrogen) atoms. The van der Waals surface area contributed by atoms with Gasteiger partial charge >= 0.3 is 5.97 Å². The van der Waals surface area contributed by atoms with E-state index in [0.29, 0.717) is 10.8 Å². The lowest BCUT2D eigenvalue weighted by atomic mass is 10.2. The van der Waals surface area contributed by atoms with E-state index in [2.05, 4.69) is 26.2 Å². The monoisotopic (exact) mass is 495 g/mol. The topological polar surface area (TPSA) is 111 Å². The first-order chi connectivity index (χ1) is 13.8. The van der Waals surface area contributed by atoms with E-state index in [1.165, 1.54) is 17.4 Å². The van der Waals surface area contributed by atoms with Crippen LogP contribution in [0.3, 0.4) is 0 Å². The normalized spacial score (nSPS) is 10.4. The van der Waals surface area contributed by atoms with Crippen molar-refractivity contribution in [1.82, 2.24) is 4.98 Å². The van der Waals surface area contributed by atoms with Gasteiger partial charge in [-0.15, -0.1) is 11.3 Å². The first kappa shape index (κ1) is 20.9. The molecule has 3 aromatic rings. The van der Waals surface area contributed by atoms with Gasteiger partial charge in [-0.2, -0.15) is 0 Å². The highest BCUT2D eigenvalue weighted by molar-refractivity contribution is 9.10. The van der Waals surface area contributed by atoms with Crippen LogP contribution in [0.25, 0.3) is 11.3 Å². The summed E-state index contributed by atoms with van der Waals surface area (Å²) in [4.78, 5) is 38.6. The molecule has 0 spiro atoms. The minimum atomic E-state index is -0.941. The van der Waals surface area contributed by atoms with Crippen LogP contribution in [-0.2, 0) is 9.53 Å². The quantitative estimate of drug-likeness (QED) is 0.294. The molecule has 1 aromatic heterocycles. The molecule has 0 aliphatic carbocycles. The number of carbonyl (C=O) groups excluding carboxylic acids is 2. The van der Waals surface area contributed by atoms with Gasteiger partial charge in [-0.3, -0.25) is 20.2 Å². The van der Waals surface area contributed by atoms with Crippen molar-refractivity contribution in [3.05, 3.63) is 73.0 Å². The van der Waals surface area contributed by atoms with Crippen molar-refractivity contribution in [2.45, 2.75) is 0 Å². The molecule has 8 nitrogen and oxygen atoms in total. The highest BCUT2D eigenvalue weighted by Gasteiger charge is 2.18. The van der Waals surface area contributed by atoms with Gasteiger partial charge in [0.25, 0.3) is 11.6 Å². The summed E-state index contributed by atoms with van der Waals surface area (Å²) in [5, 5.41) is 15.5. The van der Waals surface area contributed by atoms with Gasteiger partial charge < -0.3 is 4.74 Å².